The molecule has 1 aliphatic rings. The maximum Gasteiger partial charge on any atom is 0.272 e. The van der Waals surface area contributed by atoms with Gasteiger partial charge < -0.3 is 15.2 Å². The van der Waals surface area contributed by atoms with E-state index < -0.39 is 0 Å². The second kappa shape index (κ2) is 9.89. The first-order chi connectivity index (χ1) is 16.7. The van der Waals surface area contributed by atoms with Gasteiger partial charge in [0.15, 0.2) is 0 Å². The number of amides is 1. The zero-order valence-corrected chi connectivity index (χ0v) is 18.9. The number of carbonyl (C=O) groups excluding carboxylic acids is 1. The van der Waals surface area contributed by atoms with Crippen LogP contribution in [0.25, 0.3) is 10.8 Å². The van der Waals surface area contributed by atoms with Gasteiger partial charge in [0.25, 0.3) is 11.5 Å². The number of pyridine rings is 2. The fourth-order valence-corrected chi connectivity index (χ4v) is 4.43. The van der Waals surface area contributed by atoms with E-state index in [0.29, 0.717) is 5.39 Å². The van der Waals surface area contributed by atoms with Crippen LogP contribution in [0.4, 0.5) is 11.4 Å². The monoisotopic (exact) mass is 453 g/mol. The summed E-state index contributed by atoms with van der Waals surface area (Å²) in [6, 6.07) is 20.9. The molecule has 4 aromatic rings. The van der Waals surface area contributed by atoms with Gasteiger partial charge in [0.1, 0.15) is 5.69 Å². The van der Waals surface area contributed by atoms with Gasteiger partial charge >= 0.3 is 0 Å². The van der Waals surface area contributed by atoms with Gasteiger partial charge in [-0.2, -0.15) is 0 Å². The molecule has 0 aliphatic carbocycles. The van der Waals surface area contributed by atoms with Crippen molar-refractivity contribution in [3.05, 3.63) is 101 Å². The summed E-state index contributed by atoms with van der Waals surface area (Å²) in [4.78, 5) is 37.0. The Labute approximate surface area is 198 Å². The summed E-state index contributed by atoms with van der Waals surface area (Å²) >= 11 is 0. The van der Waals surface area contributed by atoms with Crippen LogP contribution in [0.5, 0.6) is 0 Å². The largest absolute Gasteiger partial charge is 0.367 e. The van der Waals surface area contributed by atoms with Gasteiger partial charge in [-0.15, -0.1) is 0 Å². The first-order valence-corrected chi connectivity index (χ1v) is 11.6. The molecule has 1 fully saturated rings. The van der Waals surface area contributed by atoms with E-state index in [9.17, 15) is 9.59 Å². The minimum absolute atomic E-state index is 0.249. The Kier molecular flexibility index (Phi) is 6.35. The number of nitrogens with zero attached hydrogens (tertiary/aromatic N) is 3. The lowest BCUT2D eigenvalue weighted by Crippen LogP contribution is -2.47. The second-order valence-corrected chi connectivity index (χ2v) is 8.50. The van der Waals surface area contributed by atoms with Gasteiger partial charge in [0.2, 0.25) is 0 Å². The van der Waals surface area contributed by atoms with Crippen LogP contribution < -0.4 is 15.8 Å². The molecule has 0 atom stereocenters. The van der Waals surface area contributed by atoms with Crippen LogP contribution in [0.15, 0.2) is 83.9 Å². The summed E-state index contributed by atoms with van der Waals surface area (Å²) in [5.74, 6) is -0.328. The Balaban J connectivity index is 1.25. The van der Waals surface area contributed by atoms with Crippen molar-refractivity contribution in [1.29, 1.82) is 0 Å². The first kappa shape index (κ1) is 21.9. The number of H-pyrrole nitrogens is 1. The molecule has 7 heteroatoms. The molecule has 2 aromatic carbocycles. The van der Waals surface area contributed by atoms with E-state index in [1.54, 1.807) is 12.1 Å². The molecule has 34 heavy (non-hydrogen) atoms. The lowest BCUT2D eigenvalue weighted by Gasteiger charge is -2.37. The molecule has 0 bridgehead atoms. The summed E-state index contributed by atoms with van der Waals surface area (Å²) < 4.78 is 0. The fourth-order valence-electron chi connectivity index (χ4n) is 4.43. The summed E-state index contributed by atoms with van der Waals surface area (Å²) in [6.45, 7) is 4.72. The fraction of sp³-hybridized carbons (Fsp3) is 0.222. The van der Waals surface area contributed by atoms with E-state index >= 15 is 0 Å². The Hall–Kier alpha value is -3.97. The molecule has 0 unspecified atom stereocenters. The van der Waals surface area contributed by atoms with E-state index in [0.717, 1.165) is 55.9 Å². The molecule has 2 N–H and O–H groups in total. The highest BCUT2D eigenvalue weighted by Gasteiger charge is 2.20. The van der Waals surface area contributed by atoms with Gasteiger partial charge in [-0.05, 0) is 53.8 Å². The third-order valence-electron chi connectivity index (χ3n) is 6.33. The molecule has 2 aromatic heterocycles. The van der Waals surface area contributed by atoms with Gasteiger partial charge in [-0.1, -0.05) is 30.3 Å². The Bertz CT molecular complexity index is 1340. The first-order valence-electron chi connectivity index (χ1n) is 11.6. The zero-order chi connectivity index (χ0) is 23.3. The van der Waals surface area contributed by atoms with Crippen molar-refractivity contribution >= 4 is 28.1 Å². The highest BCUT2D eigenvalue weighted by atomic mass is 16.2. The van der Waals surface area contributed by atoms with Gasteiger partial charge in [-0.3, -0.25) is 19.5 Å². The van der Waals surface area contributed by atoms with Crippen LogP contribution in [0.3, 0.4) is 0 Å². The Morgan fingerprint density at radius 2 is 1.68 bits per heavy atom. The topological polar surface area (TPSA) is 81.3 Å². The number of para-hydroxylation sites is 2. The smallest absolute Gasteiger partial charge is 0.272 e. The van der Waals surface area contributed by atoms with Crippen LogP contribution in [0.1, 0.15) is 16.1 Å². The van der Waals surface area contributed by atoms with E-state index in [1.807, 2.05) is 54.9 Å². The predicted octanol–water partition coefficient (Wildman–Crippen LogP) is 3.54. The zero-order valence-electron chi connectivity index (χ0n) is 18.9. The number of carbonyl (C=O) groups is 1. The summed E-state index contributed by atoms with van der Waals surface area (Å²) in [5, 5.41) is 4.32. The standard InChI is InChI=1S/C27H27N5O2/c33-26-22-6-2-1-5-21(22)19-24(30-26)27(34)29-23-7-3-4-8-25(23)32-17-15-31(16-18-32)14-11-20-9-12-28-13-10-20/h1-10,12-13,19H,11,14-18H2,(H,29,34)(H,30,33). The van der Waals surface area contributed by atoms with Gasteiger partial charge in [0.05, 0.1) is 11.4 Å². The molecule has 1 saturated heterocycles. The molecule has 0 spiro atoms. The number of piperazine rings is 1. The number of benzene rings is 2. The van der Waals surface area contributed by atoms with Crippen molar-refractivity contribution < 1.29 is 4.79 Å². The molecule has 3 heterocycles. The van der Waals surface area contributed by atoms with E-state index in [2.05, 4.69) is 37.2 Å². The number of fused-ring (bicyclic) bond motifs is 1. The maximum absolute atomic E-state index is 13.0. The van der Waals surface area contributed by atoms with Crippen LogP contribution in [0, 0.1) is 0 Å². The van der Waals surface area contributed by atoms with E-state index in [1.165, 1.54) is 5.56 Å². The van der Waals surface area contributed by atoms with Gasteiger partial charge in [0, 0.05) is 50.5 Å². The molecule has 1 aliphatic heterocycles. The van der Waals surface area contributed by atoms with Crippen LogP contribution in [0.2, 0.25) is 0 Å². The summed E-state index contributed by atoms with van der Waals surface area (Å²) in [7, 11) is 0. The van der Waals surface area contributed by atoms with Crippen molar-refractivity contribution in [3.63, 3.8) is 0 Å². The predicted molar refractivity (Wildman–Crippen MR) is 136 cm³/mol. The Morgan fingerprint density at radius 1 is 0.941 bits per heavy atom. The van der Waals surface area contributed by atoms with E-state index in [4.69, 9.17) is 0 Å². The normalized spacial score (nSPS) is 14.3. The molecule has 0 saturated carbocycles. The SMILES string of the molecule is O=C(Nc1ccccc1N1CCN(CCc2ccncc2)CC1)c1cc2ccccc2c(=O)[nH]1. The highest BCUT2D eigenvalue weighted by molar-refractivity contribution is 6.06. The Morgan fingerprint density at radius 3 is 2.50 bits per heavy atom. The molecule has 7 nitrogen and oxygen atoms in total. The van der Waals surface area contributed by atoms with E-state index in [-0.39, 0.29) is 17.2 Å². The quantitative estimate of drug-likeness (QED) is 0.467. The number of hydrogen-bond acceptors (Lipinski definition) is 5. The van der Waals surface area contributed by atoms with Crippen LogP contribution in [-0.2, 0) is 6.42 Å². The lowest BCUT2D eigenvalue weighted by atomic mass is 10.1. The highest BCUT2D eigenvalue weighted by Crippen LogP contribution is 2.27. The number of aromatic amines is 1. The third-order valence-corrected chi connectivity index (χ3v) is 6.33. The average Bonchev–Trinajstić information content (AvgIpc) is 2.89. The molecule has 1 amide bonds. The summed E-state index contributed by atoms with van der Waals surface area (Å²) in [5.41, 5.74) is 3.02. The number of rotatable bonds is 6. The minimum atomic E-state index is -0.328. The molecular formula is C27H27N5O2. The average molecular weight is 454 g/mol. The third kappa shape index (κ3) is 4.84. The molecular weight excluding hydrogens is 426 g/mol. The van der Waals surface area contributed by atoms with Gasteiger partial charge in [-0.25, -0.2) is 0 Å². The number of hydrogen-bond donors (Lipinski definition) is 2. The molecule has 0 radical (unpaired) electrons. The number of nitrogens with one attached hydrogen (secondary N) is 2. The second-order valence-electron chi connectivity index (χ2n) is 8.50. The molecule has 172 valence electrons. The van der Waals surface area contributed by atoms with Crippen molar-refractivity contribution in [2.24, 2.45) is 0 Å². The molecule has 5 rings (SSSR count). The summed E-state index contributed by atoms with van der Waals surface area (Å²) in [6.07, 6.45) is 4.69. The van der Waals surface area contributed by atoms with Crippen molar-refractivity contribution in [2.45, 2.75) is 6.42 Å². The van der Waals surface area contributed by atoms with Crippen LogP contribution in [-0.4, -0.2) is 53.5 Å². The number of aromatic nitrogens is 2. The maximum atomic E-state index is 13.0. The minimum Gasteiger partial charge on any atom is -0.367 e. The van der Waals surface area contributed by atoms with Crippen LogP contribution >= 0.6 is 0 Å². The number of anilines is 2. The van der Waals surface area contributed by atoms with Crippen molar-refractivity contribution in [3.8, 4) is 0 Å². The lowest BCUT2D eigenvalue weighted by molar-refractivity contribution is 0.102. The van der Waals surface area contributed by atoms with Crippen molar-refractivity contribution in [2.75, 3.05) is 42.9 Å². The van der Waals surface area contributed by atoms with Crippen molar-refractivity contribution in [1.82, 2.24) is 14.9 Å².